The van der Waals surface area contributed by atoms with Crippen LogP contribution in [0.2, 0.25) is 0 Å². The third-order valence-corrected chi connectivity index (χ3v) is 5.65. The highest BCUT2D eigenvalue weighted by atomic mass is 16.5. The van der Waals surface area contributed by atoms with Gasteiger partial charge in [0.15, 0.2) is 0 Å². The third kappa shape index (κ3) is 6.24. The maximum absolute atomic E-state index is 10.1. The molecule has 0 saturated heterocycles. The molecule has 0 heterocycles. The first-order valence-corrected chi connectivity index (χ1v) is 10.4. The van der Waals surface area contributed by atoms with E-state index >= 15 is 0 Å². The number of ether oxygens (including phenoxy) is 2. The van der Waals surface area contributed by atoms with Crippen molar-refractivity contribution in [3.8, 4) is 17.6 Å². The predicted molar refractivity (Wildman–Crippen MR) is 119 cm³/mol. The highest BCUT2D eigenvalue weighted by Crippen LogP contribution is 2.37. The first kappa shape index (κ1) is 22.8. The molecule has 0 saturated carbocycles. The molecule has 2 rings (SSSR count). The molecule has 0 bridgehead atoms. The highest BCUT2D eigenvalue weighted by Gasteiger charge is 2.35. The summed E-state index contributed by atoms with van der Waals surface area (Å²) >= 11 is 0. The zero-order chi connectivity index (χ0) is 21.1. The van der Waals surface area contributed by atoms with E-state index in [1.54, 1.807) is 14.2 Å². The Hall–Kier alpha value is -2.51. The van der Waals surface area contributed by atoms with Crippen molar-refractivity contribution < 1.29 is 9.47 Å². The minimum atomic E-state index is -0.489. The van der Waals surface area contributed by atoms with Gasteiger partial charge in [-0.1, -0.05) is 38.1 Å². The van der Waals surface area contributed by atoms with Gasteiger partial charge < -0.3 is 14.8 Å². The SMILES string of the molecule is COc1cccc(CCCNCCC[C@@](C#N)(c2cccc(OC)c2)C(C)C)c1. The standard InChI is InChI=1S/C25H34N2O2/c1-20(2)25(19-26,22-11-6-13-24(18-22)29-4)14-8-16-27-15-7-10-21-9-5-12-23(17-21)28-3/h5-6,9,11-13,17-18,20,27H,7-8,10,14-16H2,1-4H3/t25-/m0/s1. The van der Waals surface area contributed by atoms with Crippen molar-refractivity contribution in [3.05, 3.63) is 59.7 Å². The Morgan fingerprint density at radius 1 is 0.966 bits per heavy atom. The number of aryl methyl sites for hydroxylation is 1. The first-order chi connectivity index (χ1) is 14.1. The maximum Gasteiger partial charge on any atom is 0.119 e. The van der Waals surface area contributed by atoms with E-state index in [-0.39, 0.29) is 5.92 Å². The van der Waals surface area contributed by atoms with Crippen LogP contribution in [0.3, 0.4) is 0 Å². The van der Waals surface area contributed by atoms with Gasteiger partial charge in [-0.3, -0.25) is 0 Å². The van der Waals surface area contributed by atoms with Crippen molar-refractivity contribution in [2.24, 2.45) is 5.92 Å². The predicted octanol–water partition coefficient (Wildman–Crippen LogP) is 5.12. The normalized spacial score (nSPS) is 13.0. The minimum absolute atomic E-state index is 0.229. The lowest BCUT2D eigenvalue weighted by atomic mass is 9.70. The van der Waals surface area contributed by atoms with Gasteiger partial charge in [-0.25, -0.2) is 0 Å². The summed E-state index contributed by atoms with van der Waals surface area (Å²) in [5.74, 6) is 1.95. The smallest absolute Gasteiger partial charge is 0.119 e. The van der Waals surface area contributed by atoms with Crippen molar-refractivity contribution >= 4 is 0 Å². The Morgan fingerprint density at radius 3 is 2.28 bits per heavy atom. The zero-order valence-corrected chi connectivity index (χ0v) is 18.2. The van der Waals surface area contributed by atoms with Gasteiger partial charge in [0.1, 0.15) is 11.5 Å². The van der Waals surface area contributed by atoms with Crippen LogP contribution in [0.5, 0.6) is 11.5 Å². The Labute approximate surface area is 175 Å². The van der Waals surface area contributed by atoms with Crippen LogP contribution in [0, 0.1) is 17.2 Å². The topological polar surface area (TPSA) is 54.3 Å². The molecule has 1 N–H and O–H groups in total. The molecule has 4 heteroatoms. The van der Waals surface area contributed by atoms with E-state index < -0.39 is 5.41 Å². The lowest BCUT2D eigenvalue weighted by Gasteiger charge is -2.31. The highest BCUT2D eigenvalue weighted by molar-refractivity contribution is 5.39. The number of rotatable bonds is 12. The van der Waals surface area contributed by atoms with E-state index in [1.165, 1.54) is 5.56 Å². The van der Waals surface area contributed by atoms with Gasteiger partial charge in [0.25, 0.3) is 0 Å². The molecule has 4 nitrogen and oxygen atoms in total. The largest absolute Gasteiger partial charge is 0.497 e. The molecule has 0 aliphatic rings. The molecule has 0 fully saturated rings. The molecular weight excluding hydrogens is 360 g/mol. The number of benzene rings is 2. The van der Waals surface area contributed by atoms with Crippen LogP contribution >= 0.6 is 0 Å². The number of nitriles is 1. The summed E-state index contributed by atoms with van der Waals surface area (Å²) in [6, 6.07) is 18.8. The van der Waals surface area contributed by atoms with Crippen molar-refractivity contribution in [1.82, 2.24) is 5.32 Å². The Kier molecular flexibility index (Phi) is 9.02. The van der Waals surface area contributed by atoms with Crippen LogP contribution < -0.4 is 14.8 Å². The summed E-state index contributed by atoms with van der Waals surface area (Å²) in [6.45, 7) is 6.14. The van der Waals surface area contributed by atoms with Gasteiger partial charge >= 0.3 is 0 Å². The van der Waals surface area contributed by atoms with Crippen molar-refractivity contribution in [1.29, 1.82) is 5.26 Å². The third-order valence-electron chi connectivity index (χ3n) is 5.65. The molecule has 2 aromatic rings. The van der Waals surface area contributed by atoms with Crippen LogP contribution in [-0.4, -0.2) is 27.3 Å². The lowest BCUT2D eigenvalue weighted by Crippen LogP contribution is -2.32. The number of hydrogen-bond donors (Lipinski definition) is 1. The van der Waals surface area contributed by atoms with Crippen LogP contribution in [0.15, 0.2) is 48.5 Å². The van der Waals surface area contributed by atoms with Gasteiger partial charge in [0.2, 0.25) is 0 Å². The summed E-state index contributed by atoms with van der Waals surface area (Å²) in [4.78, 5) is 0. The molecule has 1 atom stereocenters. The van der Waals surface area contributed by atoms with E-state index in [2.05, 4.69) is 37.4 Å². The van der Waals surface area contributed by atoms with E-state index in [0.29, 0.717) is 0 Å². The molecule has 29 heavy (non-hydrogen) atoms. The van der Waals surface area contributed by atoms with Gasteiger partial charge in [-0.05, 0) is 80.1 Å². The Bertz CT molecular complexity index is 797. The van der Waals surface area contributed by atoms with Crippen molar-refractivity contribution in [3.63, 3.8) is 0 Å². The van der Waals surface area contributed by atoms with Crippen LogP contribution in [0.4, 0.5) is 0 Å². The fourth-order valence-electron chi connectivity index (χ4n) is 3.78. The number of methoxy groups -OCH3 is 2. The molecule has 0 spiro atoms. The van der Waals surface area contributed by atoms with Gasteiger partial charge in [-0.15, -0.1) is 0 Å². The van der Waals surface area contributed by atoms with Gasteiger partial charge in [0, 0.05) is 0 Å². The van der Waals surface area contributed by atoms with E-state index in [4.69, 9.17) is 9.47 Å². The molecule has 156 valence electrons. The van der Waals surface area contributed by atoms with Gasteiger partial charge in [0.05, 0.1) is 25.7 Å². The first-order valence-electron chi connectivity index (χ1n) is 10.4. The van der Waals surface area contributed by atoms with E-state index in [1.807, 2.05) is 36.4 Å². The Morgan fingerprint density at radius 2 is 1.62 bits per heavy atom. The minimum Gasteiger partial charge on any atom is -0.497 e. The second-order valence-corrected chi connectivity index (χ2v) is 7.78. The summed E-state index contributed by atoms with van der Waals surface area (Å²) in [6.07, 6.45) is 3.90. The summed E-state index contributed by atoms with van der Waals surface area (Å²) < 4.78 is 10.6. The molecule has 0 aliphatic carbocycles. The van der Waals surface area contributed by atoms with Crippen LogP contribution in [-0.2, 0) is 11.8 Å². The number of nitrogens with zero attached hydrogens (tertiary/aromatic N) is 1. The molecule has 0 amide bonds. The zero-order valence-electron chi connectivity index (χ0n) is 18.2. The molecule has 2 aromatic carbocycles. The number of nitrogens with one attached hydrogen (secondary N) is 1. The average Bonchev–Trinajstić information content (AvgIpc) is 2.76. The fraction of sp³-hybridized carbons (Fsp3) is 0.480. The summed E-state index contributed by atoms with van der Waals surface area (Å²) in [5, 5.41) is 13.6. The fourth-order valence-corrected chi connectivity index (χ4v) is 3.78. The summed E-state index contributed by atoms with van der Waals surface area (Å²) in [5.41, 5.74) is 1.86. The van der Waals surface area contributed by atoms with Crippen LogP contribution in [0.25, 0.3) is 0 Å². The van der Waals surface area contributed by atoms with Gasteiger partial charge in [-0.2, -0.15) is 5.26 Å². The summed E-state index contributed by atoms with van der Waals surface area (Å²) in [7, 11) is 3.36. The van der Waals surface area contributed by atoms with E-state index in [0.717, 1.165) is 55.8 Å². The number of hydrogen-bond acceptors (Lipinski definition) is 4. The average molecular weight is 395 g/mol. The van der Waals surface area contributed by atoms with Crippen molar-refractivity contribution in [2.75, 3.05) is 27.3 Å². The quantitative estimate of drug-likeness (QED) is 0.508. The van der Waals surface area contributed by atoms with Crippen LogP contribution in [0.1, 0.15) is 44.2 Å². The van der Waals surface area contributed by atoms with Crippen molar-refractivity contribution in [2.45, 2.75) is 44.9 Å². The molecule has 0 aromatic heterocycles. The lowest BCUT2D eigenvalue weighted by molar-refractivity contribution is 0.353. The van der Waals surface area contributed by atoms with E-state index in [9.17, 15) is 5.26 Å². The molecule has 0 radical (unpaired) electrons. The molecular formula is C25H34N2O2. The monoisotopic (exact) mass is 394 g/mol. The molecule has 0 aliphatic heterocycles. The maximum atomic E-state index is 10.1. The second-order valence-electron chi connectivity index (χ2n) is 7.78. The molecule has 0 unspecified atom stereocenters. The second kappa shape index (κ2) is 11.5. The Balaban J connectivity index is 1.82.